The molecule has 0 aliphatic heterocycles. The van der Waals surface area contributed by atoms with E-state index in [1.807, 2.05) is 36.4 Å². The highest BCUT2D eigenvalue weighted by molar-refractivity contribution is 5.76. The SMILES string of the molecule is O=C(O)[C@H]1CC=CC[C@@H]1c1nc2ccccc2[nH]1. The van der Waals surface area contributed by atoms with Crippen molar-refractivity contribution < 1.29 is 9.90 Å². The van der Waals surface area contributed by atoms with Crippen molar-refractivity contribution in [1.82, 2.24) is 9.97 Å². The maximum Gasteiger partial charge on any atom is 0.307 e. The summed E-state index contributed by atoms with van der Waals surface area (Å²) in [4.78, 5) is 19.0. The summed E-state index contributed by atoms with van der Waals surface area (Å²) in [6.45, 7) is 0. The summed E-state index contributed by atoms with van der Waals surface area (Å²) in [7, 11) is 0. The molecule has 2 N–H and O–H groups in total. The van der Waals surface area contributed by atoms with Gasteiger partial charge in [-0.1, -0.05) is 24.3 Å². The number of rotatable bonds is 2. The Morgan fingerprint density at radius 2 is 2.06 bits per heavy atom. The lowest BCUT2D eigenvalue weighted by molar-refractivity contribution is -0.142. The zero-order chi connectivity index (χ0) is 12.5. The van der Waals surface area contributed by atoms with Gasteiger partial charge in [-0.3, -0.25) is 4.79 Å². The number of aromatic amines is 1. The molecule has 0 bridgehead atoms. The van der Waals surface area contributed by atoms with Crippen molar-refractivity contribution in [2.24, 2.45) is 5.92 Å². The van der Waals surface area contributed by atoms with Crippen LogP contribution in [0.5, 0.6) is 0 Å². The number of fused-ring (bicyclic) bond motifs is 1. The van der Waals surface area contributed by atoms with E-state index in [9.17, 15) is 9.90 Å². The predicted octanol–water partition coefficient (Wildman–Crippen LogP) is 2.70. The van der Waals surface area contributed by atoms with Gasteiger partial charge in [-0.2, -0.15) is 0 Å². The normalized spacial score (nSPS) is 23.3. The lowest BCUT2D eigenvalue weighted by Gasteiger charge is -2.23. The van der Waals surface area contributed by atoms with E-state index in [1.54, 1.807) is 0 Å². The van der Waals surface area contributed by atoms with Gasteiger partial charge in [0.25, 0.3) is 0 Å². The molecule has 92 valence electrons. The standard InChI is InChI=1S/C14H14N2O2/c17-14(18)10-6-2-1-5-9(10)13-15-11-7-3-4-8-12(11)16-13/h1-4,7-10H,5-6H2,(H,15,16)(H,17,18)/t9-,10-/m0/s1. The van der Waals surface area contributed by atoms with Crippen molar-refractivity contribution in [1.29, 1.82) is 0 Å². The van der Waals surface area contributed by atoms with Gasteiger partial charge < -0.3 is 10.1 Å². The van der Waals surface area contributed by atoms with Gasteiger partial charge in [-0.05, 0) is 25.0 Å². The molecular formula is C14H14N2O2. The first kappa shape index (κ1) is 11.0. The summed E-state index contributed by atoms with van der Waals surface area (Å²) in [5.74, 6) is -0.395. The lowest BCUT2D eigenvalue weighted by Crippen LogP contribution is -2.24. The van der Waals surface area contributed by atoms with Crippen molar-refractivity contribution in [3.8, 4) is 0 Å². The number of benzene rings is 1. The van der Waals surface area contributed by atoms with Gasteiger partial charge in [0.2, 0.25) is 0 Å². The highest BCUT2D eigenvalue weighted by atomic mass is 16.4. The van der Waals surface area contributed by atoms with Gasteiger partial charge in [-0.25, -0.2) is 4.98 Å². The van der Waals surface area contributed by atoms with Crippen LogP contribution in [0.3, 0.4) is 0 Å². The molecule has 1 aromatic heterocycles. The summed E-state index contributed by atoms with van der Waals surface area (Å²) in [6.07, 6.45) is 5.29. The second-order valence-electron chi connectivity index (χ2n) is 4.63. The van der Waals surface area contributed by atoms with E-state index < -0.39 is 5.97 Å². The third-order valence-corrected chi connectivity index (χ3v) is 3.51. The average Bonchev–Trinajstić information content (AvgIpc) is 2.82. The minimum absolute atomic E-state index is 0.0556. The van der Waals surface area contributed by atoms with Gasteiger partial charge in [0.15, 0.2) is 0 Å². The van der Waals surface area contributed by atoms with E-state index in [2.05, 4.69) is 9.97 Å². The number of para-hydroxylation sites is 2. The molecule has 0 spiro atoms. The molecular weight excluding hydrogens is 228 g/mol. The van der Waals surface area contributed by atoms with Crippen LogP contribution in [-0.4, -0.2) is 21.0 Å². The number of carbonyl (C=O) groups is 1. The Balaban J connectivity index is 2.02. The highest BCUT2D eigenvalue weighted by Crippen LogP contribution is 2.34. The van der Waals surface area contributed by atoms with Gasteiger partial charge in [-0.15, -0.1) is 0 Å². The Morgan fingerprint density at radius 1 is 1.28 bits per heavy atom. The van der Waals surface area contributed by atoms with Crippen LogP contribution in [0.1, 0.15) is 24.6 Å². The van der Waals surface area contributed by atoms with Crippen LogP contribution < -0.4 is 0 Å². The van der Waals surface area contributed by atoms with E-state index in [1.165, 1.54) is 0 Å². The second kappa shape index (κ2) is 4.29. The molecule has 0 unspecified atom stereocenters. The predicted molar refractivity (Wildman–Crippen MR) is 68.3 cm³/mol. The number of allylic oxidation sites excluding steroid dienone is 2. The summed E-state index contributed by atoms with van der Waals surface area (Å²) in [5.41, 5.74) is 1.86. The van der Waals surface area contributed by atoms with Crippen LogP contribution in [0.15, 0.2) is 36.4 Å². The third-order valence-electron chi connectivity index (χ3n) is 3.51. The first-order valence-corrected chi connectivity index (χ1v) is 6.08. The van der Waals surface area contributed by atoms with Crippen LogP contribution in [0.25, 0.3) is 11.0 Å². The Bertz CT molecular complexity index is 582. The number of aliphatic carboxylic acids is 1. The molecule has 1 heterocycles. The summed E-state index contributed by atoms with van der Waals surface area (Å²) in [5, 5.41) is 9.27. The van der Waals surface area contributed by atoms with Crippen LogP contribution >= 0.6 is 0 Å². The van der Waals surface area contributed by atoms with E-state index in [0.29, 0.717) is 6.42 Å². The third kappa shape index (κ3) is 1.79. The molecule has 0 fully saturated rings. The molecule has 3 rings (SSSR count). The number of nitrogens with zero attached hydrogens (tertiary/aromatic N) is 1. The molecule has 0 amide bonds. The Kier molecular flexibility index (Phi) is 2.63. The molecule has 18 heavy (non-hydrogen) atoms. The highest BCUT2D eigenvalue weighted by Gasteiger charge is 2.31. The smallest absolute Gasteiger partial charge is 0.307 e. The molecule has 4 heteroatoms. The monoisotopic (exact) mass is 242 g/mol. The van der Waals surface area contributed by atoms with E-state index in [-0.39, 0.29) is 11.8 Å². The minimum Gasteiger partial charge on any atom is -0.481 e. The quantitative estimate of drug-likeness (QED) is 0.796. The number of hydrogen-bond donors (Lipinski definition) is 2. The fraction of sp³-hybridized carbons (Fsp3) is 0.286. The number of nitrogens with one attached hydrogen (secondary N) is 1. The lowest BCUT2D eigenvalue weighted by atomic mass is 9.82. The molecule has 1 aliphatic carbocycles. The average molecular weight is 242 g/mol. The number of aromatic nitrogens is 2. The van der Waals surface area contributed by atoms with E-state index in [4.69, 9.17) is 0 Å². The zero-order valence-electron chi connectivity index (χ0n) is 9.84. The molecule has 0 saturated heterocycles. The molecule has 2 aromatic rings. The maximum atomic E-state index is 11.3. The zero-order valence-corrected chi connectivity index (χ0v) is 9.84. The number of carboxylic acid groups (broad SMARTS) is 1. The molecule has 0 radical (unpaired) electrons. The van der Waals surface area contributed by atoms with Crippen molar-refractivity contribution in [3.05, 3.63) is 42.2 Å². The van der Waals surface area contributed by atoms with Crippen molar-refractivity contribution in [3.63, 3.8) is 0 Å². The van der Waals surface area contributed by atoms with Crippen molar-refractivity contribution in [2.45, 2.75) is 18.8 Å². The van der Waals surface area contributed by atoms with Gasteiger partial charge >= 0.3 is 5.97 Å². The first-order chi connectivity index (χ1) is 8.75. The van der Waals surface area contributed by atoms with Crippen LogP contribution in [0, 0.1) is 5.92 Å². The number of hydrogen-bond acceptors (Lipinski definition) is 2. The van der Waals surface area contributed by atoms with E-state index >= 15 is 0 Å². The molecule has 0 saturated carbocycles. The van der Waals surface area contributed by atoms with Gasteiger partial charge in [0.1, 0.15) is 5.82 Å². The Hall–Kier alpha value is -2.10. The van der Waals surface area contributed by atoms with Crippen LogP contribution in [-0.2, 0) is 4.79 Å². The van der Waals surface area contributed by atoms with Gasteiger partial charge in [0, 0.05) is 5.92 Å². The maximum absolute atomic E-state index is 11.3. The van der Waals surface area contributed by atoms with Gasteiger partial charge in [0.05, 0.1) is 17.0 Å². The Morgan fingerprint density at radius 3 is 2.83 bits per heavy atom. The second-order valence-corrected chi connectivity index (χ2v) is 4.63. The first-order valence-electron chi connectivity index (χ1n) is 6.08. The van der Waals surface area contributed by atoms with Crippen LogP contribution in [0.4, 0.5) is 0 Å². The fourth-order valence-corrected chi connectivity index (χ4v) is 2.54. The van der Waals surface area contributed by atoms with E-state index in [0.717, 1.165) is 23.3 Å². The summed E-state index contributed by atoms with van der Waals surface area (Å²) >= 11 is 0. The topological polar surface area (TPSA) is 66.0 Å². The number of carboxylic acids is 1. The molecule has 1 aromatic carbocycles. The molecule has 4 nitrogen and oxygen atoms in total. The minimum atomic E-state index is -0.746. The number of H-pyrrole nitrogens is 1. The fourth-order valence-electron chi connectivity index (χ4n) is 2.54. The molecule has 1 aliphatic rings. The Labute approximate surface area is 104 Å². The summed E-state index contributed by atoms with van der Waals surface area (Å²) < 4.78 is 0. The van der Waals surface area contributed by atoms with Crippen molar-refractivity contribution >= 4 is 17.0 Å². The van der Waals surface area contributed by atoms with Crippen LogP contribution in [0.2, 0.25) is 0 Å². The summed E-state index contributed by atoms with van der Waals surface area (Å²) in [6, 6.07) is 7.77. The van der Waals surface area contributed by atoms with Crippen molar-refractivity contribution in [2.75, 3.05) is 0 Å². The largest absolute Gasteiger partial charge is 0.481 e. The number of imidazole rings is 1. The molecule has 2 atom stereocenters.